The number of carbonyl (C=O) groups is 2. The lowest BCUT2D eigenvalue weighted by molar-refractivity contribution is -0.387. The molecular formula is C16H22FN5O4. The highest BCUT2D eigenvalue weighted by Crippen LogP contribution is 2.22. The summed E-state index contributed by atoms with van der Waals surface area (Å²) in [6.45, 7) is 4.48. The van der Waals surface area contributed by atoms with E-state index in [4.69, 9.17) is 5.73 Å². The molecule has 0 bridgehead atoms. The van der Waals surface area contributed by atoms with Gasteiger partial charge in [0.05, 0.1) is 11.0 Å². The maximum atomic E-state index is 13.7. The molecule has 1 fully saturated rings. The van der Waals surface area contributed by atoms with Crippen LogP contribution in [0.4, 0.5) is 20.6 Å². The van der Waals surface area contributed by atoms with Crippen LogP contribution in [0.3, 0.4) is 0 Å². The molecule has 2 rings (SSSR count). The van der Waals surface area contributed by atoms with Gasteiger partial charge in [-0.25, -0.2) is 14.8 Å². The average Bonchev–Trinajstić information content (AvgIpc) is 3.09. The van der Waals surface area contributed by atoms with Gasteiger partial charge in [-0.05, 0) is 18.4 Å². The molecule has 10 heteroatoms. The van der Waals surface area contributed by atoms with Gasteiger partial charge in [0.2, 0.25) is 5.82 Å². The smallest absolute Gasteiger partial charge is 0.320 e. The molecule has 0 aliphatic carbocycles. The summed E-state index contributed by atoms with van der Waals surface area (Å²) in [5.41, 5.74) is 5.35. The molecule has 1 aliphatic rings. The Bertz CT molecular complexity index is 714. The number of nitro benzene ring substituents is 1. The number of rotatable bonds is 5. The van der Waals surface area contributed by atoms with E-state index in [0.29, 0.717) is 19.5 Å². The Labute approximate surface area is 150 Å². The Kier molecular flexibility index (Phi) is 6.09. The molecule has 1 unspecified atom stereocenters. The van der Waals surface area contributed by atoms with Crippen molar-refractivity contribution in [3.8, 4) is 0 Å². The van der Waals surface area contributed by atoms with E-state index < -0.39 is 28.5 Å². The molecule has 0 saturated carbocycles. The first-order valence-corrected chi connectivity index (χ1v) is 8.35. The first-order chi connectivity index (χ1) is 12.3. The van der Waals surface area contributed by atoms with Crippen LogP contribution in [0.25, 0.3) is 0 Å². The van der Waals surface area contributed by atoms with E-state index >= 15 is 0 Å². The Morgan fingerprint density at radius 3 is 2.62 bits per heavy atom. The minimum Gasteiger partial charge on any atom is -0.320 e. The lowest BCUT2D eigenvalue weighted by Crippen LogP contribution is -2.53. The van der Waals surface area contributed by atoms with E-state index in [1.54, 1.807) is 0 Å². The number of urea groups is 1. The molecule has 1 aromatic rings. The number of benzene rings is 1. The van der Waals surface area contributed by atoms with E-state index in [9.17, 15) is 24.1 Å². The van der Waals surface area contributed by atoms with Crippen LogP contribution in [-0.2, 0) is 4.79 Å². The van der Waals surface area contributed by atoms with Crippen LogP contribution < -0.4 is 11.1 Å². The van der Waals surface area contributed by atoms with E-state index in [1.807, 2.05) is 13.8 Å². The fraction of sp³-hybridized carbons (Fsp3) is 0.500. The van der Waals surface area contributed by atoms with Crippen molar-refractivity contribution in [3.63, 3.8) is 0 Å². The van der Waals surface area contributed by atoms with E-state index in [2.05, 4.69) is 5.32 Å². The van der Waals surface area contributed by atoms with Gasteiger partial charge in [-0.2, -0.15) is 4.39 Å². The summed E-state index contributed by atoms with van der Waals surface area (Å²) in [7, 11) is 0. The van der Waals surface area contributed by atoms with Gasteiger partial charge in [-0.15, -0.1) is 0 Å². The largest absolute Gasteiger partial charge is 0.340 e. The molecule has 1 aliphatic heterocycles. The number of hydrogen-bond acceptors (Lipinski definition) is 5. The fourth-order valence-corrected chi connectivity index (χ4v) is 2.64. The van der Waals surface area contributed by atoms with Gasteiger partial charge in [0, 0.05) is 30.9 Å². The third kappa shape index (κ3) is 4.07. The van der Waals surface area contributed by atoms with Crippen molar-refractivity contribution in [2.45, 2.75) is 32.7 Å². The Hall–Kier alpha value is -2.75. The van der Waals surface area contributed by atoms with Crippen LogP contribution in [0.5, 0.6) is 0 Å². The molecule has 9 nitrogen and oxygen atoms in total. The molecule has 0 radical (unpaired) electrons. The third-order valence-electron chi connectivity index (χ3n) is 4.46. The number of nitrogens with one attached hydrogen (secondary N) is 1. The van der Waals surface area contributed by atoms with Crippen LogP contribution in [0.1, 0.15) is 26.7 Å². The van der Waals surface area contributed by atoms with Crippen molar-refractivity contribution in [2.24, 2.45) is 11.7 Å². The number of hydrogen-bond donors (Lipinski definition) is 2. The second-order valence-electron chi connectivity index (χ2n) is 6.20. The standard InChI is InChI=1S/C16H22FN5O4/c1-3-10(2)14(18)15(23)20-7-4-8-21(20)16(24)19-11-5-6-13(22(25)26)12(17)9-11/h5-6,9-10,14H,3-4,7-8,18H2,1-2H3,(H,19,24)/t10?,14-/m0/s1. The van der Waals surface area contributed by atoms with Crippen LogP contribution in [0.15, 0.2) is 18.2 Å². The molecule has 142 valence electrons. The minimum absolute atomic E-state index is 0.0308. The summed E-state index contributed by atoms with van der Waals surface area (Å²) < 4.78 is 13.7. The van der Waals surface area contributed by atoms with Gasteiger partial charge in [0.1, 0.15) is 0 Å². The summed E-state index contributed by atoms with van der Waals surface area (Å²) >= 11 is 0. The molecule has 0 spiro atoms. The molecule has 3 amide bonds. The Morgan fingerprint density at radius 2 is 2.04 bits per heavy atom. The number of nitrogens with two attached hydrogens (primary N) is 1. The second kappa shape index (κ2) is 8.09. The zero-order valence-corrected chi connectivity index (χ0v) is 14.6. The van der Waals surface area contributed by atoms with E-state index in [1.165, 1.54) is 16.1 Å². The lowest BCUT2D eigenvalue weighted by Gasteiger charge is -2.31. The predicted molar refractivity (Wildman–Crippen MR) is 92.5 cm³/mol. The highest BCUT2D eigenvalue weighted by Gasteiger charge is 2.35. The third-order valence-corrected chi connectivity index (χ3v) is 4.46. The number of halogens is 1. The monoisotopic (exact) mass is 367 g/mol. The van der Waals surface area contributed by atoms with Gasteiger partial charge < -0.3 is 11.1 Å². The summed E-state index contributed by atoms with van der Waals surface area (Å²) in [6.07, 6.45) is 1.33. The molecule has 26 heavy (non-hydrogen) atoms. The van der Waals surface area contributed by atoms with Crippen molar-refractivity contribution in [1.29, 1.82) is 0 Å². The molecule has 0 aromatic heterocycles. The first-order valence-electron chi connectivity index (χ1n) is 8.35. The van der Waals surface area contributed by atoms with Crippen molar-refractivity contribution >= 4 is 23.3 Å². The molecule has 2 atom stereocenters. The maximum absolute atomic E-state index is 13.7. The summed E-state index contributed by atoms with van der Waals surface area (Å²) in [5, 5.41) is 15.6. The van der Waals surface area contributed by atoms with E-state index in [0.717, 1.165) is 18.6 Å². The van der Waals surface area contributed by atoms with Crippen molar-refractivity contribution < 1.29 is 18.9 Å². The van der Waals surface area contributed by atoms with Crippen LogP contribution in [-0.4, -0.2) is 46.0 Å². The quantitative estimate of drug-likeness (QED) is 0.609. The number of hydrazine groups is 1. The summed E-state index contributed by atoms with van der Waals surface area (Å²) in [5.74, 6) is -1.43. The number of nitro groups is 1. The van der Waals surface area contributed by atoms with Crippen LogP contribution in [0.2, 0.25) is 0 Å². The first kappa shape index (κ1) is 19.6. The van der Waals surface area contributed by atoms with Gasteiger partial charge in [0.25, 0.3) is 5.91 Å². The van der Waals surface area contributed by atoms with Gasteiger partial charge in [0.15, 0.2) is 0 Å². The normalized spacial score (nSPS) is 16.3. The Morgan fingerprint density at radius 1 is 1.38 bits per heavy atom. The van der Waals surface area contributed by atoms with Gasteiger partial charge >= 0.3 is 11.7 Å². The minimum atomic E-state index is -1.05. The number of anilines is 1. The van der Waals surface area contributed by atoms with Crippen molar-refractivity contribution in [2.75, 3.05) is 18.4 Å². The van der Waals surface area contributed by atoms with Crippen LogP contribution >= 0.6 is 0 Å². The SMILES string of the molecule is CCC(C)[C@H](N)C(=O)N1CCCN1C(=O)Nc1ccc([N+](=O)[O-])c(F)c1. The zero-order chi connectivity index (χ0) is 19.4. The second-order valence-corrected chi connectivity index (χ2v) is 6.20. The van der Waals surface area contributed by atoms with Crippen LogP contribution in [0, 0.1) is 21.8 Å². The van der Waals surface area contributed by atoms with Gasteiger partial charge in [-0.1, -0.05) is 20.3 Å². The predicted octanol–water partition coefficient (Wildman–Crippen LogP) is 2.09. The summed E-state index contributed by atoms with van der Waals surface area (Å²) in [6, 6.07) is 1.72. The topological polar surface area (TPSA) is 122 Å². The molecule has 1 aromatic carbocycles. The van der Waals surface area contributed by atoms with Crippen molar-refractivity contribution in [3.05, 3.63) is 34.1 Å². The maximum Gasteiger partial charge on any atom is 0.340 e. The van der Waals surface area contributed by atoms with Gasteiger partial charge in [-0.3, -0.25) is 14.9 Å². The fourth-order valence-electron chi connectivity index (χ4n) is 2.64. The highest BCUT2D eigenvalue weighted by atomic mass is 19.1. The molecule has 3 N–H and O–H groups in total. The zero-order valence-electron chi connectivity index (χ0n) is 14.6. The summed E-state index contributed by atoms with van der Waals surface area (Å²) in [4.78, 5) is 34.8. The molecular weight excluding hydrogens is 345 g/mol. The number of amides is 3. The molecule has 1 saturated heterocycles. The molecule has 1 heterocycles. The Balaban J connectivity index is 2.10. The number of nitrogens with zero attached hydrogens (tertiary/aromatic N) is 3. The lowest BCUT2D eigenvalue weighted by atomic mass is 9.99. The number of carbonyl (C=O) groups excluding carboxylic acids is 2. The average molecular weight is 367 g/mol. The highest BCUT2D eigenvalue weighted by molar-refractivity contribution is 5.92. The van der Waals surface area contributed by atoms with Crippen molar-refractivity contribution in [1.82, 2.24) is 10.0 Å². The van der Waals surface area contributed by atoms with E-state index in [-0.39, 0.29) is 17.5 Å².